The van der Waals surface area contributed by atoms with Gasteiger partial charge in [0.2, 0.25) is 0 Å². The molecule has 0 bridgehead atoms. The quantitative estimate of drug-likeness (QED) is 0.773. The van der Waals surface area contributed by atoms with Gasteiger partial charge >= 0.3 is 6.03 Å². The highest BCUT2D eigenvalue weighted by molar-refractivity contribution is 5.73. The third kappa shape index (κ3) is 3.31. The van der Waals surface area contributed by atoms with Crippen molar-refractivity contribution in [2.45, 2.75) is 18.9 Å². The number of nitrogens with two attached hydrogens (primary N) is 1. The third-order valence-corrected chi connectivity index (χ3v) is 2.05. The number of urea groups is 1. The van der Waals surface area contributed by atoms with E-state index < -0.39 is 11.6 Å². The topological polar surface area (TPSA) is 78.9 Å². The van der Waals surface area contributed by atoms with E-state index in [2.05, 4.69) is 5.32 Å². The maximum Gasteiger partial charge on any atom is 0.313 e. The second kappa shape index (κ2) is 4.47. The van der Waals surface area contributed by atoms with E-state index in [9.17, 15) is 4.79 Å². The minimum atomic E-state index is -0.951. The predicted molar refractivity (Wildman–Crippen MR) is 56.9 cm³/mol. The van der Waals surface area contributed by atoms with Crippen molar-refractivity contribution in [3.63, 3.8) is 0 Å². The van der Waals surface area contributed by atoms with Gasteiger partial charge in [0.25, 0.3) is 0 Å². The number of carbonyl (C=O) groups is 1. The van der Waals surface area contributed by atoms with Crippen LogP contribution in [0, 0.1) is 11.3 Å². The fourth-order valence-electron chi connectivity index (χ4n) is 1.39. The Morgan fingerprint density at radius 3 is 2.60 bits per heavy atom. The third-order valence-electron chi connectivity index (χ3n) is 2.05. The van der Waals surface area contributed by atoms with Crippen molar-refractivity contribution < 1.29 is 4.79 Å². The van der Waals surface area contributed by atoms with E-state index in [1.165, 1.54) is 0 Å². The van der Waals surface area contributed by atoms with Gasteiger partial charge in [-0.05, 0) is 12.5 Å². The number of rotatable bonds is 3. The Morgan fingerprint density at radius 2 is 2.13 bits per heavy atom. The van der Waals surface area contributed by atoms with Crippen LogP contribution in [0.3, 0.4) is 0 Å². The molecule has 4 nitrogen and oxygen atoms in total. The van der Waals surface area contributed by atoms with Crippen LogP contribution in [0.5, 0.6) is 0 Å². The van der Waals surface area contributed by atoms with Crippen LogP contribution in [-0.4, -0.2) is 11.6 Å². The summed E-state index contributed by atoms with van der Waals surface area (Å²) < 4.78 is 0. The molecule has 0 heterocycles. The molecule has 1 atom stereocenters. The molecule has 1 rings (SSSR count). The van der Waals surface area contributed by atoms with E-state index >= 15 is 0 Å². The van der Waals surface area contributed by atoms with Crippen LogP contribution in [0.15, 0.2) is 30.3 Å². The number of benzene rings is 1. The number of nitrogens with one attached hydrogen (secondary N) is 1. The van der Waals surface area contributed by atoms with Gasteiger partial charge in [0.05, 0.1) is 6.07 Å². The summed E-state index contributed by atoms with van der Waals surface area (Å²) in [5.41, 5.74) is 5.04. The average molecular weight is 203 g/mol. The Bertz CT molecular complexity index is 383. The van der Waals surface area contributed by atoms with Gasteiger partial charge in [-0.15, -0.1) is 0 Å². The molecule has 0 radical (unpaired) electrons. The Morgan fingerprint density at radius 1 is 1.53 bits per heavy atom. The van der Waals surface area contributed by atoms with E-state index in [1.54, 1.807) is 6.92 Å². The van der Waals surface area contributed by atoms with Gasteiger partial charge in [0.15, 0.2) is 0 Å². The Labute approximate surface area is 88.7 Å². The molecule has 2 amide bonds. The van der Waals surface area contributed by atoms with Crippen LogP contribution in [0.2, 0.25) is 0 Å². The lowest BCUT2D eigenvalue weighted by Crippen LogP contribution is -2.48. The number of carbonyl (C=O) groups excluding carboxylic acids is 1. The second-order valence-corrected chi connectivity index (χ2v) is 3.60. The molecule has 0 spiro atoms. The number of amides is 2. The molecule has 0 saturated heterocycles. The lowest BCUT2D eigenvalue weighted by Gasteiger charge is -2.21. The largest absolute Gasteiger partial charge is 0.352 e. The zero-order chi connectivity index (χ0) is 11.3. The summed E-state index contributed by atoms with van der Waals surface area (Å²) in [5, 5.41) is 11.4. The summed E-state index contributed by atoms with van der Waals surface area (Å²) in [6.07, 6.45) is 0.438. The molecular weight excluding hydrogens is 190 g/mol. The maximum absolute atomic E-state index is 10.7. The van der Waals surface area contributed by atoms with Gasteiger partial charge < -0.3 is 11.1 Å². The molecule has 0 saturated carbocycles. The summed E-state index contributed by atoms with van der Waals surface area (Å²) in [6.45, 7) is 1.64. The molecule has 0 fully saturated rings. The Kier molecular flexibility index (Phi) is 3.29. The Balaban J connectivity index is 2.78. The number of nitriles is 1. The van der Waals surface area contributed by atoms with E-state index in [0.717, 1.165) is 5.56 Å². The van der Waals surface area contributed by atoms with Gasteiger partial charge in [0, 0.05) is 6.42 Å². The first-order valence-corrected chi connectivity index (χ1v) is 4.58. The lowest BCUT2D eigenvalue weighted by molar-refractivity contribution is 0.242. The second-order valence-electron chi connectivity index (χ2n) is 3.60. The highest BCUT2D eigenvalue weighted by Crippen LogP contribution is 2.11. The van der Waals surface area contributed by atoms with Crippen molar-refractivity contribution in [1.29, 1.82) is 5.26 Å². The van der Waals surface area contributed by atoms with Crippen LogP contribution in [-0.2, 0) is 6.42 Å². The molecule has 1 aromatic rings. The summed E-state index contributed by atoms with van der Waals surface area (Å²) in [4.78, 5) is 10.7. The molecule has 0 aromatic heterocycles. The SMILES string of the molecule is C[C@](C#N)(Cc1ccccc1)NC(N)=O. The van der Waals surface area contributed by atoms with Crippen LogP contribution in [0.1, 0.15) is 12.5 Å². The number of primary amides is 1. The molecule has 1 aromatic carbocycles. The van der Waals surface area contributed by atoms with E-state index in [-0.39, 0.29) is 0 Å². The first-order valence-electron chi connectivity index (χ1n) is 4.58. The standard InChI is InChI=1S/C11H13N3O/c1-11(8-12,14-10(13)15)7-9-5-3-2-4-6-9/h2-6H,7H2,1H3,(H3,13,14,15)/t11-/m1/s1. The van der Waals surface area contributed by atoms with Gasteiger partial charge in [0.1, 0.15) is 5.54 Å². The highest BCUT2D eigenvalue weighted by atomic mass is 16.2. The molecule has 78 valence electrons. The smallest absolute Gasteiger partial charge is 0.313 e. The minimum absolute atomic E-state index is 0.438. The number of hydrogen-bond donors (Lipinski definition) is 2. The van der Waals surface area contributed by atoms with Crippen LogP contribution < -0.4 is 11.1 Å². The van der Waals surface area contributed by atoms with Crippen molar-refractivity contribution in [3.8, 4) is 6.07 Å². The molecule has 0 aliphatic carbocycles. The number of hydrogen-bond acceptors (Lipinski definition) is 2. The van der Waals surface area contributed by atoms with E-state index in [1.807, 2.05) is 36.4 Å². The fourth-order valence-corrected chi connectivity index (χ4v) is 1.39. The first-order chi connectivity index (χ1) is 7.06. The van der Waals surface area contributed by atoms with Crippen molar-refractivity contribution in [2.75, 3.05) is 0 Å². The molecule has 4 heteroatoms. The molecule has 0 aliphatic heterocycles. The lowest BCUT2D eigenvalue weighted by atomic mass is 9.94. The number of nitrogens with zero attached hydrogens (tertiary/aromatic N) is 1. The summed E-state index contributed by atoms with van der Waals surface area (Å²) in [7, 11) is 0. The summed E-state index contributed by atoms with van der Waals surface area (Å²) >= 11 is 0. The first kappa shape index (κ1) is 11.1. The molecular formula is C11H13N3O. The normalized spacial score (nSPS) is 13.6. The monoisotopic (exact) mass is 203 g/mol. The van der Waals surface area contributed by atoms with Crippen molar-refractivity contribution in [3.05, 3.63) is 35.9 Å². The predicted octanol–water partition coefficient (Wildman–Crippen LogP) is 1.18. The molecule has 3 N–H and O–H groups in total. The summed E-state index contributed by atoms with van der Waals surface area (Å²) in [6, 6.07) is 10.8. The highest BCUT2D eigenvalue weighted by Gasteiger charge is 2.25. The molecule has 15 heavy (non-hydrogen) atoms. The summed E-state index contributed by atoms with van der Waals surface area (Å²) in [5.74, 6) is 0. The molecule has 0 aliphatic rings. The fraction of sp³-hybridized carbons (Fsp3) is 0.273. The van der Waals surface area contributed by atoms with Crippen LogP contribution in [0.25, 0.3) is 0 Å². The minimum Gasteiger partial charge on any atom is -0.352 e. The van der Waals surface area contributed by atoms with Crippen LogP contribution >= 0.6 is 0 Å². The van der Waals surface area contributed by atoms with Gasteiger partial charge in [-0.1, -0.05) is 30.3 Å². The van der Waals surface area contributed by atoms with E-state index in [4.69, 9.17) is 11.0 Å². The van der Waals surface area contributed by atoms with Crippen molar-refractivity contribution in [2.24, 2.45) is 5.73 Å². The zero-order valence-corrected chi connectivity index (χ0v) is 8.53. The average Bonchev–Trinajstić information content (AvgIpc) is 2.18. The maximum atomic E-state index is 10.7. The van der Waals surface area contributed by atoms with Gasteiger partial charge in [-0.2, -0.15) is 5.26 Å². The van der Waals surface area contributed by atoms with Crippen molar-refractivity contribution >= 4 is 6.03 Å². The molecule has 0 unspecified atom stereocenters. The zero-order valence-electron chi connectivity index (χ0n) is 8.53. The Hall–Kier alpha value is -2.02. The van der Waals surface area contributed by atoms with Gasteiger partial charge in [-0.25, -0.2) is 4.79 Å². The van der Waals surface area contributed by atoms with Crippen molar-refractivity contribution in [1.82, 2.24) is 5.32 Å². The van der Waals surface area contributed by atoms with E-state index in [0.29, 0.717) is 6.42 Å². The van der Waals surface area contributed by atoms with Crippen LogP contribution in [0.4, 0.5) is 4.79 Å². The van der Waals surface area contributed by atoms with Gasteiger partial charge in [-0.3, -0.25) is 0 Å².